The highest BCUT2D eigenvalue weighted by Crippen LogP contribution is 2.23. The maximum Gasteiger partial charge on any atom is 0.261 e. The predicted octanol–water partition coefficient (Wildman–Crippen LogP) is 2.91. The number of imide groups is 1. The number of amides is 3. The molecule has 3 rings (SSSR count). The molecule has 1 N–H and O–H groups in total. The normalized spacial score (nSPS) is 12.9. The summed E-state index contributed by atoms with van der Waals surface area (Å²) < 4.78 is 5.49. The lowest BCUT2D eigenvalue weighted by Crippen LogP contribution is -2.32. The topological polar surface area (TPSA) is 75.7 Å². The molecule has 0 saturated carbocycles. The lowest BCUT2D eigenvalue weighted by molar-refractivity contribution is -0.121. The van der Waals surface area contributed by atoms with Crippen LogP contribution in [-0.2, 0) is 4.79 Å². The van der Waals surface area contributed by atoms with Crippen molar-refractivity contribution in [1.29, 1.82) is 0 Å². The van der Waals surface area contributed by atoms with E-state index >= 15 is 0 Å². The Bertz CT molecular complexity index is 834. The lowest BCUT2D eigenvalue weighted by atomic mass is 10.1. The number of hydrogen-bond donors (Lipinski definition) is 1. The Hall–Kier alpha value is -2.86. The maximum absolute atomic E-state index is 12.2. The molecule has 0 atom stereocenters. The Kier molecular flexibility index (Phi) is 6.08. The van der Waals surface area contributed by atoms with Crippen LogP contribution in [0.25, 0.3) is 0 Å². The van der Waals surface area contributed by atoms with Gasteiger partial charge in [0.2, 0.25) is 5.91 Å². The van der Waals surface area contributed by atoms with Crippen molar-refractivity contribution in [3.8, 4) is 5.75 Å². The molecular formula is C20H19ClN2O4. The molecule has 140 valence electrons. The van der Waals surface area contributed by atoms with E-state index in [2.05, 4.69) is 5.32 Å². The number of nitrogens with zero attached hydrogens (tertiary/aromatic N) is 1. The summed E-state index contributed by atoms with van der Waals surface area (Å²) in [6, 6.07) is 13.9. The Morgan fingerprint density at radius 2 is 1.63 bits per heavy atom. The van der Waals surface area contributed by atoms with Crippen LogP contribution in [0.2, 0.25) is 5.02 Å². The van der Waals surface area contributed by atoms with Crippen LogP contribution in [0.15, 0.2) is 48.5 Å². The minimum Gasteiger partial charge on any atom is -0.490 e. The molecule has 1 heterocycles. The van der Waals surface area contributed by atoms with E-state index in [1.54, 1.807) is 36.4 Å². The standard InChI is InChI=1S/C20H19ClN2O4/c21-16-8-3-4-9-17(16)27-13-11-22-18(24)10-5-12-23-19(25)14-6-1-2-7-15(14)20(23)26/h1-4,6-9H,5,10-13H2,(H,22,24). The third-order valence-electron chi connectivity index (χ3n) is 4.18. The van der Waals surface area contributed by atoms with Gasteiger partial charge in [0.05, 0.1) is 22.7 Å². The molecular weight excluding hydrogens is 368 g/mol. The van der Waals surface area contributed by atoms with Crippen LogP contribution in [0.5, 0.6) is 5.75 Å². The van der Waals surface area contributed by atoms with Crippen LogP contribution < -0.4 is 10.1 Å². The molecule has 27 heavy (non-hydrogen) atoms. The molecule has 0 bridgehead atoms. The number of nitrogens with one attached hydrogen (secondary N) is 1. The first-order chi connectivity index (χ1) is 13.1. The molecule has 0 spiro atoms. The van der Waals surface area contributed by atoms with Gasteiger partial charge in [-0.2, -0.15) is 0 Å². The van der Waals surface area contributed by atoms with Crippen LogP contribution in [0.4, 0.5) is 0 Å². The first-order valence-electron chi connectivity index (χ1n) is 8.67. The second-order valence-electron chi connectivity index (χ2n) is 6.04. The highest BCUT2D eigenvalue weighted by atomic mass is 35.5. The number of halogens is 1. The average Bonchev–Trinajstić information content (AvgIpc) is 2.92. The largest absolute Gasteiger partial charge is 0.490 e. The molecule has 0 radical (unpaired) electrons. The Morgan fingerprint density at radius 3 is 2.30 bits per heavy atom. The van der Waals surface area contributed by atoms with Gasteiger partial charge in [-0.15, -0.1) is 0 Å². The van der Waals surface area contributed by atoms with Crippen molar-refractivity contribution in [3.05, 3.63) is 64.7 Å². The van der Waals surface area contributed by atoms with Crippen LogP contribution in [0, 0.1) is 0 Å². The SMILES string of the molecule is O=C(CCCN1C(=O)c2ccccc2C1=O)NCCOc1ccccc1Cl. The molecule has 2 aromatic rings. The fraction of sp³-hybridized carbons (Fsp3) is 0.250. The van der Waals surface area contributed by atoms with Crippen molar-refractivity contribution in [2.45, 2.75) is 12.8 Å². The summed E-state index contributed by atoms with van der Waals surface area (Å²) in [4.78, 5) is 37.6. The minimum absolute atomic E-state index is 0.158. The van der Waals surface area contributed by atoms with E-state index in [0.717, 1.165) is 0 Å². The molecule has 1 aliphatic rings. The van der Waals surface area contributed by atoms with Crippen LogP contribution in [0.3, 0.4) is 0 Å². The van der Waals surface area contributed by atoms with Crippen molar-refractivity contribution < 1.29 is 19.1 Å². The number of hydrogen-bond acceptors (Lipinski definition) is 4. The first kappa shape index (κ1) is 18.9. The van der Waals surface area contributed by atoms with Crippen molar-refractivity contribution >= 4 is 29.3 Å². The zero-order valence-electron chi connectivity index (χ0n) is 14.6. The Morgan fingerprint density at radius 1 is 1.00 bits per heavy atom. The number of para-hydroxylation sites is 1. The van der Waals surface area contributed by atoms with Gasteiger partial charge in [0.15, 0.2) is 0 Å². The van der Waals surface area contributed by atoms with E-state index in [1.165, 1.54) is 4.90 Å². The highest BCUT2D eigenvalue weighted by Gasteiger charge is 2.34. The summed E-state index contributed by atoms with van der Waals surface area (Å²) in [5.41, 5.74) is 0.840. The van der Waals surface area contributed by atoms with E-state index in [4.69, 9.17) is 16.3 Å². The van der Waals surface area contributed by atoms with Gasteiger partial charge in [0.25, 0.3) is 11.8 Å². The van der Waals surface area contributed by atoms with Crippen molar-refractivity contribution in [1.82, 2.24) is 10.2 Å². The zero-order valence-corrected chi connectivity index (χ0v) is 15.4. The van der Waals surface area contributed by atoms with Gasteiger partial charge < -0.3 is 10.1 Å². The maximum atomic E-state index is 12.2. The van der Waals surface area contributed by atoms with Crippen molar-refractivity contribution in [2.24, 2.45) is 0 Å². The summed E-state index contributed by atoms with van der Waals surface area (Å²) in [6.45, 7) is 0.862. The molecule has 1 aliphatic heterocycles. The van der Waals surface area contributed by atoms with Crippen LogP contribution in [0.1, 0.15) is 33.6 Å². The predicted molar refractivity (Wildman–Crippen MR) is 101 cm³/mol. The molecule has 0 saturated heterocycles. The molecule has 0 aliphatic carbocycles. The van der Waals surface area contributed by atoms with E-state index < -0.39 is 0 Å². The van der Waals surface area contributed by atoms with Gasteiger partial charge in [-0.05, 0) is 30.7 Å². The second kappa shape index (κ2) is 8.68. The van der Waals surface area contributed by atoms with E-state index in [9.17, 15) is 14.4 Å². The fourth-order valence-corrected chi connectivity index (χ4v) is 3.03. The summed E-state index contributed by atoms with van der Waals surface area (Å²) in [5, 5.41) is 3.26. The summed E-state index contributed by atoms with van der Waals surface area (Å²) in [7, 11) is 0. The number of fused-ring (bicyclic) bond motifs is 1. The molecule has 0 aromatic heterocycles. The van der Waals surface area contributed by atoms with Gasteiger partial charge in [-0.1, -0.05) is 35.9 Å². The number of rotatable bonds is 8. The molecule has 3 amide bonds. The van der Waals surface area contributed by atoms with Gasteiger partial charge >= 0.3 is 0 Å². The lowest BCUT2D eigenvalue weighted by Gasteiger charge is -2.13. The number of benzene rings is 2. The second-order valence-corrected chi connectivity index (χ2v) is 6.45. The Labute approximate surface area is 162 Å². The van der Waals surface area contributed by atoms with Gasteiger partial charge in [0.1, 0.15) is 12.4 Å². The fourth-order valence-electron chi connectivity index (χ4n) is 2.84. The van der Waals surface area contributed by atoms with Gasteiger partial charge in [0, 0.05) is 13.0 Å². The smallest absolute Gasteiger partial charge is 0.261 e. The third kappa shape index (κ3) is 4.46. The van der Waals surface area contributed by atoms with Gasteiger partial charge in [-0.25, -0.2) is 0 Å². The van der Waals surface area contributed by atoms with Gasteiger partial charge in [-0.3, -0.25) is 19.3 Å². The molecule has 2 aromatic carbocycles. The molecule has 6 nitrogen and oxygen atoms in total. The summed E-state index contributed by atoms with van der Waals surface area (Å²) in [6.07, 6.45) is 0.627. The molecule has 0 unspecified atom stereocenters. The monoisotopic (exact) mass is 386 g/mol. The van der Waals surface area contributed by atoms with Crippen LogP contribution >= 0.6 is 11.6 Å². The third-order valence-corrected chi connectivity index (χ3v) is 4.49. The average molecular weight is 387 g/mol. The molecule has 7 heteroatoms. The highest BCUT2D eigenvalue weighted by molar-refractivity contribution is 6.32. The Balaban J connectivity index is 1.36. The number of ether oxygens (including phenoxy) is 1. The first-order valence-corrected chi connectivity index (χ1v) is 9.05. The molecule has 0 fully saturated rings. The van der Waals surface area contributed by atoms with Crippen LogP contribution in [-0.4, -0.2) is 42.3 Å². The zero-order chi connectivity index (χ0) is 19.2. The van der Waals surface area contributed by atoms with E-state index in [-0.39, 0.29) is 30.7 Å². The van der Waals surface area contributed by atoms with Crippen molar-refractivity contribution in [2.75, 3.05) is 19.7 Å². The minimum atomic E-state index is -0.302. The summed E-state index contributed by atoms with van der Waals surface area (Å²) >= 11 is 5.98. The summed E-state index contributed by atoms with van der Waals surface area (Å²) in [5.74, 6) is -0.193. The number of carbonyl (C=O) groups excluding carboxylic acids is 3. The van der Waals surface area contributed by atoms with E-state index in [0.29, 0.717) is 41.5 Å². The quantitative estimate of drug-likeness (QED) is 0.559. The van der Waals surface area contributed by atoms with E-state index in [1.807, 2.05) is 12.1 Å². The van der Waals surface area contributed by atoms with Crippen molar-refractivity contribution in [3.63, 3.8) is 0 Å². The number of carbonyl (C=O) groups is 3.